The molecule has 29 heavy (non-hydrogen) atoms. The Morgan fingerprint density at radius 3 is 2.21 bits per heavy atom. The van der Waals surface area contributed by atoms with E-state index in [0.717, 1.165) is 44.9 Å². The zero-order valence-corrected chi connectivity index (χ0v) is 15.9. The number of hydrazone groups is 1. The van der Waals surface area contributed by atoms with Crippen molar-refractivity contribution in [1.82, 2.24) is 15.2 Å². The van der Waals surface area contributed by atoms with Crippen LogP contribution < -0.4 is 5.43 Å². The average molecular weight is 404 g/mol. The lowest BCUT2D eigenvalue weighted by Gasteiger charge is -2.34. The Hall–Kier alpha value is -2.71. The number of piperazine rings is 1. The quantitative estimate of drug-likeness (QED) is 0.595. The Balaban J connectivity index is 1.38. The van der Waals surface area contributed by atoms with E-state index in [9.17, 15) is 18.0 Å². The van der Waals surface area contributed by atoms with Gasteiger partial charge < -0.3 is 0 Å². The lowest BCUT2D eigenvalue weighted by molar-refractivity contribution is -0.137. The van der Waals surface area contributed by atoms with Gasteiger partial charge in [-0.2, -0.15) is 18.3 Å². The molecule has 1 fully saturated rings. The van der Waals surface area contributed by atoms with Crippen molar-refractivity contribution < 1.29 is 18.0 Å². The van der Waals surface area contributed by atoms with Crippen molar-refractivity contribution >= 4 is 12.1 Å². The molecule has 2 aromatic rings. The Kier molecular flexibility index (Phi) is 7.00. The fourth-order valence-corrected chi connectivity index (χ4v) is 3.12. The summed E-state index contributed by atoms with van der Waals surface area (Å²) in [4.78, 5) is 16.4. The molecule has 5 nitrogen and oxygen atoms in total. The molecular formula is C21H23F3N4O. The highest BCUT2D eigenvalue weighted by molar-refractivity contribution is 5.83. The highest BCUT2D eigenvalue weighted by atomic mass is 19.4. The summed E-state index contributed by atoms with van der Waals surface area (Å²) in [5, 5.41) is 3.83. The lowest BCUT2D eigenvalue weighted by atomic mass is 10.1. The van der Waals surface area contributed by atoms with Crippen LogP contribution in [0.15, 0.2) is 59.7 Å². The Morgan fingerprint density at radius 1 is 0.966 bits per heavy atom. The summed E-state index contributed by atoms with van der Waals surface area (Å²) in [7, 11) is 0. The van der Waals surface area contributed by atoms with Gasteiger partial charge in [0, 0.05) is 32.7 Å². The van der Waals surface area contributed by atoms with Crippen LogP contribution in [0.1, 0.15) is 16.7 Å². The van der Waals surface area contributed by atoms with Crippen LogP contribution in [0.4, 0.5) is 13.2 Å². The van der Waals surface area contributed by atoms with E-state index in [1.54, 1.807) is 0 Å². The van der Waals surface area contributed by atoms with Crippen LogP contribution in [-0.2, 0) is 17.5 Å². The first kappa shape index (κ1) is 21.0. The van der Waals surface area contributed by atoms with Crippen molar-refractivity contribution in [2.75, 3.05) is 32.7 Å². The Bertz CT molecular complexity index is 814. The number of benzene rings is 2. The summed E-state index contributed by atoms with van der Waals surface area (Å²) < 4.78 is 37.6. The minimum Gasteiger partial charge on any atom is -0.297 e. The zero-order chi connectivity index (χ0) is 20.7. The molecule has 0 aliphatic carbocycles. The number of hydrogen-bond donors (Lipinski definition) is 1. The van der Waals surface area contributed by atoms with Gasteiger partial charge in [0.15, 0.2) is 0 Å². The smallest absolute Gasteiger partial charge is 0.297 e. The predicted octanol–water partition coefficient (Wildman–Crippen LogP) is 2.97. The third-order valence-electron chi connectivity index (χ3n) is 4.72. The second kappa shape index (κ2) is 9.67. The third-order valence-corrected chi connectivity index (χ3v) is 4.72. The topological polar surface area (TPSA) is 47.9 Å². The van der Waals surface area contributed by atoms with E-state index < -0.39 is 11.7 Å². The van der Waals surface area contributed by atoms with E-state index in [2.05, 4.69) is 32.5 Å². The molecule has 1 saturated heterocycles. The van der Waals surface area contributed by atoms with Crippen LogP contribution in [0.3, 0.4) is 0 Å². The number of nitrogens with zero attached hydrogens (tertiary/aromatic N) is 3. The molecule has 0 atom stereocenters. The molecule has 1 heterocycles. The largest absolute Gasteiger partial charge is 0.416 e. The molecule has 0 bridgehead atoms. The van der Waals surface area contributed by atoms with Crippen LogP contribution in [-0.4, -0.2) is 54.6 Å². The first-order valence-electron chi connectivity index (χ1n) is 9.38. The van der Waals surface area contributed by atoms with Gasteiger partial charge in [0.05, 0.1) is 18.3 Å². The van der Waals surface area contributed by atoms with Crippen molar-refractivity contribution in [3.63, 3.8) is 0 Å². The second-order valence-electron chi connectivity index (χ2n) is 6.95. The summed E-state index contributed by atoms with van der Waals surface area (Å²) in [6, 6.07) is 14.9. The minimum absolute atomic E-state index is 0.240. The molecule has 1 aliphatic rings. The summed E-state index contributed by atoms with van der Waals surface area (Å²) in [6.45, 7) is 4.50. The average Bonchev–Trinajstić information content (AvgIpc) is 2.70. The maximum absolute atomic E-state index is 12.5. The van der Waals surface area contributed by atoms with Crippen LogP contribution in [0.5, 0.6) is 0 Å². The number of carbonyl (C=O) groups excluding carboxylic acids is 1. The first-order valence-corrected chi connectivity index (χ1v) is 9.38. The van der Waals surface area contributed by atoms with Crippen LogP contribution in [0.25, 0.3) is 0 Å². The van der Waals surface area contributed by atoms with Gasteiger partial charge in [-0.1, -0.05) is 42.5 Å². The summed E-state index contributed by atoms with van der Waals surface area (Å²) >= 11 is 0. The highest BCUT2D eigenvalue weighted by Gasteiger charge is 2.29. The van der Waals surface area contributed by atoms with Gasteiger partial charge in [0.2, 0.25) is 0 Å². The maximum atomic E-state index is 12.5. The van der Waals surface area contributed by atoms with E-state index >= 15 is 0 Å². The van der Waals surface area contributed by atoms with E-state index in [-0.39, 0.29) is 12.5 Å². The van der Waals surface area contributed by atoms with Gasteiger partial charge in [-0.15, -0.1) is 0 Å². The molecule has 8 heteroatoms. The van der Waals surface area contributed by atoms with E-state index in [0.29, 0.717) is 5.56 Å². The van der Waals surface area contributed by atoms with Crippen molar-refractivity contribution in [3.8, 4) is 0 Å². The first-order chi connectivity index (χ1) is 13.9. The SMILES string of the molecule is O=C(CN1CCN(Cc2ccccc2)CC1)N/N=C/c1ccc(C(F)(F)F)cc1. The molecule has 0 unspecified atom stereocenters. The number of halogens is 3. The van der Waals surface area contributed by atoms with Crippen molar-refractivity contribution in [2.45, 2.75) is 12.7 Å². The number of amides is 1. The minimum atomic E-state index is -4.37. The number of nitrogens with one attached hydrogen (secondary N) is 1. The van der Waals surface area contributed by atoms with Crippen LogP contribution >= 0.6 is 0 Å². The second-order valence-corrected chi connectivity index (χ2v) is 6.95. The summed E-state index contributed by atoms with van der Waals surface area (Å²) in [5.41, 5.74) is 3.46. The van der Waals surface area contributed by atoms with Gasteiger partial charge in [0.1, 0.15) is 0 Å². The van der Waals surface area contributed by atoms with Crippen molar-refractivity contribution in [1.29, 1.82) is 0 Å². The summed E-state index contributed by atoms with van der Waals surface area (Å²) in [6.07, 6.45) is -3.04. The van der Waals surface area contributed by atoms with Gasteiger partial charge in [-0.3, -0.25) is 14.6 Å². The molecular weight excluding hydrogens is 381 g/mol. The molecule has 2 aromatic carbocycles. The van der Waals surface area contributed by atoms with Crippen LogP contribution in [0.2, 0.25) is 0 Å². The monoisotopic (exact) mass is 404 g/mol. The number of carbonyl (C=O) groups is 1. The molecule has 154 valence electrons. The summed E-state index contributed by atoms with van der Waals surface area (Å²) in [5.74, 6) is -0.246. The fourth-order valence-electron chi connectivity index (χ4n) is 3.12. The standard InChI is InChI=1S/C21H23F3N4O/c22-21(23,24)19-8-6-17(7-9-19)14-25-26-20(29)16-28-12-10-27(11-13-28)15-18-4-2-1-3-5-18/h1-9,14H,10-13,15-16H2,(H,26,29)/b25-14+. The third kappa shape index (κ3) is 6.69. The molecule has 1 aliphatic heterocycles. The Labute approximate surface area is 167 Å². The maximum Gasteiger partial charge on any atom is 0.416 e. The van der Waals surface area contributed by atoms with Gasteiger partial charge in [-0.05, 0) is 23.3 Å². The number of hydrogen-bond acceptors (Lipinski definition) is 4. The molecule has 1 N–H and O–H groups in total. The van der Waals surface area contributed by atoms with Crippen LogP contribution in [0, 0.1) is 0 Å². The molecule has 1 amide bonds. The van der Waals surface area contributed by atoms with Gasteiger partial charge >= 0.3 is 6.18 Å². The van der Waals surface area contributed by atoms with Gasteiger partial charge in [0.25, 0.3) is 5.91 Å². The van der Waals surface area contributed by atoms with E-state index in [1.807, 2.05) is 18.2 Å². The van der Waals surface area contributed by atoms with Gasteiger partial charge in [-0.25, -0.2) is 5.43 Å². The van der Waals surface area contributed by atoms with Crippen molar-refractivity contribution in [2.24, 2.45) is 5.10 Å². The molecule has 0 aromatic heterocycles. The number of alkyl halides is 3. The highest BCUT2D eigenvalue weighted by Crippen LogP contribution is 2.28. The number of rotatable bonds is 6. The normalized spacial score (nSPS) is 16.2. The van der Waals surface area contributed by atoms with Crippen molar-refractivity contribution in [3.05, 3.63) is 71.3 Å². The fraction of sp³-hybridized carbons (Fsp3) is 0.333. The van der Waals surface area contributed by atoms with E-state index in [4.69, 9.17) is 0 Å². The molecule has 0 radical (unpaired) electrons. The Morgan fingerprint density at radius 2 is 1.59 bits per heavy atom. The van der Waals surface area contributed by atoms with E-state index in [1.165, 1.54) is 23.9 Å². The molecule has 3 rings (SSSR count). The molecule has 0 spiro atoms. The predicted molar refractivity (Wildman–Crippen MR) is 105 cm³/mol. The molecule has 0 saturated carbocycles. The zero-order valence-electron chi connectivity index (χ0n) is 15.9. The lowest BCUT2D eigenvalue weighted by Crippen LogP contribution is -2.48.